The van der Waals surface area contributed by atoms with Crippen molar-refractivity contribution >= 4 is 73.5 Å². The van der Waals surface area contributed by atoms with Crippen molar-refractivity contribution in [1.82, 2.24) is 5.32 Å². The van der Waals surface area contributed by atoms with Crippen LogP contribution in [0.1, 0.15) is 25.6 Å². The minimum absolute atomic E-state index is 0.00990. The molecule has 0 saturated carbocycles. The van der Waals surface area contributed by atoms with Crippen LogP contribution in [0.4, 0.5) is 11.4 Å². The monoisotopic (exact) mass is 477 g/mol. The van der Waals surface area contributed by atoms with Crippen molar-refractivity contribution in [1.29, 1.82) is 0 Å². The van der Waals surface area contributed by atoms with Gasteiger partial charge in [0, 0.05) is 27.0 Å². The summed E-state index contributed by atoms with van der Waals surface area (Å²) in [6.45, 7) is 0.548. The van der Waals surface area contributed by atoms with E-state index in [9.17, 15) is 9.59 Å². The van der Waals surface area contributed by atoms with Gasteiger partial charge in [-0.1, -0.05) is 48.0 Å². The molecule has 2 heterocycles. The largest absolute Gasteiger partial charge is 0.332 e. The van der Waals surface area contributed by atoms with E-state index in [1.54, 1.807) is 4.90 Å². The van der Waals surface area contributed by atoms with Gasteiger partial charge in [-0.05, 0) is 54.2 Å². The first-order chi connectivity index (χ1) is 15.5. The summed E-state index contributed by atoms with van der Waals surface area (Å²) >= 11 is 13.0. The second kappa shape index (κ2) is 8.35. The normalized spacial score (nSPS) is 12.7. The number of carbonyl (C=O) groups is 2. The number of carbonyl (C=O) groups excluding carboxylic acids is 2. The van der Waals surface area contributed by atoms with E-state index in [2.05, 4.69) is 10.6 Å². The summed E-state index contributed by atoms with van der Waals surface area (Å²) in [5.41, 5.74) is 3.25. The number of nitrogens with zero attached hydrogens (tertiary/aromatic N) is 1. The lowest BCUT2D eigenvalue weighted by molar-refractivity contribution is 0.0978. The van der Waals surface area contributed by atoms with E-state index in [0.717, 1.165) is 26.9 Å². The maximum absolute atomic E-state index is 12.7. The molecule has 1 aliphatic rings. The Bertz CT molecular complexity index is 1380. The molecule has 1 aromatic heterocycles. The molecule has 0 spiro atoms. The van der Waals surface area contributed by atoms with E-state index in [4.69, 9.17) is 23.8 Å². The van der Waals surface area contributed by atoms with Gasteiger partial charge in [-0.15, -0.1) is 11.3 Å². The van der Waals surface area contributed by atoms with E-state index in [1.807, 2.05) is 72.8 Å². The number of nitrogens with one attached hydrogen (secondary N) is 2. The average Bonchev–Trinajstić information content (AvgIpc) is 3.32. The van der Waals surface area contributed by atoms with Crippen LogP contribution in [0.2, 0.25) is 5.02 Å². The molecular formula is C24H16ClN3O2S2. The summed E-state index contributed by atoms with van der Waals surface area (Å²) in [4.78, 5) is 27.4. The Balaban J connectivity index is 1.25. The number of amides is 2. The summed E-state index contributed by atoms with van der Waals surface area (Å²) in [6.07, 6.45) is 0. The van der Waals surface area contributed by atoms with Crippen LogP contribution < -0.4 is 15.5 Å². The van der Waals surface area contributed by atoms with Gasteiger partial charge in [-0.25, -0.2) is 0 Å². The van der Waals surface area contributed by atoms with Gasteiger partial charge in [0.15, 0.2) is 5.11 Å². The van der Waals surface area contributed by atoms with Gasteiger partial charge >= 0.3 is 0 Å². The first-order valence-corrected chi connectivity index (χ1v) is 11.4. The summed E-state index contributed by atoms with van der Waals surface area (Å²) in [5.74, 6) is -0.366. The molecule has 158 valence electrons. The highest BCUT2D eigenvalue weighted by Gasteiger charge is 2.27. The molecule has 0 atom stereocenters. The van der Waals surface area contributed by atoms with Gasteiger partial charge in [-0.3, -0.25) is 14.9 Å². The lowest BCUT2D eigenvalue weighted by atomic mass is 10.1. The number of fused-ring (bicyclic) bond motifs is 2. The van der Waals surface area contributed by atoms with Gasteiger partial charge in [-0.2, -0.15) is 0 Å². The Morgan fingerprint density at radius 1 is 1.00 bits per heavy atom. The van der Waals surface area contributed by atoms with Crippen molar-refractivity contribution < 1.29 is 9.59 Å². The second-order valence-corrected chi connectivity index (χ2v) is 9.08. The third-order valence-electron chi connectivity index (χ3n) is 5.23. The Labute approximate surface area is 198 Å². The van der Waals surface area contributed by atoms with Crippen molar-refractivity contribution in [3.05, 3.63) is 93.8 Å². The molecule has 2 N–H and O–H groups in total. The van der Waals surface area contributed by atoms with Crippen LogP contribution in [0.15, 0.2) is 72.8 Å². The summed E-state index contributed by atoms with van der Waals surface area (Å²) in [6, 6.07) is 22.5. The van der Waals surface area contributed by atoms with Gasteiger partial charge in [0.1, 0.15) is 4.88 Å². The molecule has 0 fully saturated rings. The first kappa shape index (κ1) is 20.6. The topological polar surface area (TPSA) is 61.4 Å². The predicted molar refractivity (Wildman–Crippen MR) is 134 cm³/mol. The van der Waals surface area contributed by atoms with Gasteiger partial charge < -0.3 is 10.2 Å². The maximum atomic E-state index is 12.7. The number of hydrogen-bond donors (Lipinski definition) is 2. The van der Waals surface area contributed by atoms with Crippen LogP contribution in [0.25, 0.3) is 10.1 Å². The molecule has 5 nitrogen and oxygen atoms in total. The fraction of sp³-hybridized carbons (Fsp3) is 0.0417. The average molecular weight is 478 g/mol. The number of benzene rings is 3. The van der Waals surface area contributed by atoms with Crippen LogP contribution in [-0.2, 0) is 6.54 Å². The number of thiocarbonyl (C=S) groups is 1. The molecule has 0 unspecified atom stereocenters. The quantitative estimate of drug-likeness (QED) is 0.364. The number of hydrogen-bond acceptors (Lipinski definition) is 4. The third kappa shape index (κ3) is 3.75. The molecule has 5 rings (SSSR count). The number of halogens is 1. The zero-order valence-corrected chi connectivity index (χ0v) is 19.0. The first-order valence-electron chi connectivity index (χ1n) is 9.80. The fourth-order valence-electron chi connectivity index (χ4n) is 3.67. The minimum Gasteiger partial charge on any atom is -0.332 e. The lowest BCUT2D eigenvalue weighted by Crippen LogP contribution is -2.33. The zero-order chi connectivity index (χ0) is 22.2. The molecule has 1 aliphatic heterocycles. The van der Waals surface area contributed by atoms with Crippen LogP contribution in [0.5, 0.6) is 0 Å². The third-order valence-corrected chi connectivity index (χ3v) is 7.10. The molecular weight excluding hydrogens is 462 g/mol. The molecule has 32 heavy (non-hydrogen) atoms. The molecule has 2 amide bonds. The van der Waals surface area contributed by atoms with Gasteiger partial charge in [0.25, 0.3) is 11.8 Å². The van der Waals surface area contributed by atoms with E-state index < -0.39 is 0 Å². The number of anilines is 2. The predicted octanol–water partition coefficient (Wildman–Crippen LogP) is 5.84. The van der Waals surface area contributed by atoms with Crippen LogP contribution in [-0.4, -0.2) is 16.9 Å². The lowest BCUT2D eigenvalue weighted by Gasteiger charge is -2.16. The smallest absolute Gasteiger partial charge is 0.269 e. The molecule has 0 bridgehead atoms. The van der Waals surface area contributed by atoms with Crippen molar-refractivity contribution in [2.24, 2.45) is 0 Å². The zero-order valence-electron chi connectivity index (χ0n) is 16.6. The van der Waals surface area contributed by atoms with Crippen LogP contribution in [0, 0.1) is 0 Å². The number of rotatable bonds is 3. The van der Waals surface area contributed by atoms with Crippen molar-refractivity contribution in [2.45, 2.75) is 6.54 Å². The highest BCUT2D eigenvalue weighted by atomic mass is 35.5. The van der Waals surface area contributed by atoms with Crippen molar-refractivity contribution in [3.63, 3.8) is 0 Å². The summed E-state index contributed by atoms with van der Waals surface area (Å²) in [7, 11) is 0. The molecule has 4 aromatic rings. The highest BCUT2D eigenvalue weighted by Crippen LogP contribution is 2.35. The summed E-state index contributed by atoms with van der Waals surface area (Å²) in [5, 5.41) is 7.11. The maximum Gasteiger partial charge on any atom is 0.269 e. The van der Waals surface area contributed by atoms with Crippen LogP contribution >= 0.6 is 35.2 Å². The van der Waals surface area contributed by atoms with Gasteiger partial charge in [0.05, 0.1) is 11.6 Å². The standard InChI is InChI=1S/C24H16ClN3O2S2/c25-20-18-7-3-4-8-19(18)32-21(20)22(29)27-24(31)26-15-9-11-16(12-10-15)28-13-14-5-1-2-6-17(14)23(28)30/h1-12H,13H2,(H2,26,27,29,31). The Morgan fingerprint density at radius 3 is 2.47 bits per heavy atom. The molecule has 0 radical (unpaired) electrons. The van der Waals surface area contributed by atoms with E-state index >= 15 is 0 Å². The molecule has 8 heteroatoms. The van der Waals surface area contributed by atoms with E-state index in [0.29, 0.717) is 22.1 Å². The van der Waals surface area contributed by atoms with E-state index in [-0.39, 0.29) is 16.9 Å². The Hall–Kier alpha value is -3.26. The molecule has 3 aromatic carbocycles. The van der Waals surface area contributed by atoms with Crippen LogP contribution in [0.3, 0.4) is 0 Å². The fourth-order valence-corrected chi connectivity index (χ4v) is 5.29. The second-order valence-electron chi connectivity index (χ2n) is 7.24. The van der Waals surface area contributed by atoms with Crippen molar-refractivity contribution in [3.8, 4) is 0 Å². The molecule has 0 aliphatic carbocycles. The Kier molecular flexibility index (Phi) is 5.38. The SMILES string of the molecule is O=C(NC(=S)Nc1ccc(N2Cc3ccccc3C2=O)cc1)c1sc2ccccc2c1Cl. The van der Waals surface area contributed by atoms with E-state index in [1.165, 1.54) is 11.3 Å². The summed E-state index contributed by atoms with van der Waals surface area (Å²) < 4.78 is 0.940. The number of thiophene rings is 1. The highest BCUT2D eigenvalue weighted by molar-refractivity contribution is 7.80. The minimum atomic E-state index is -0.356. The molecule has 0 saturated heterocycles. The Morgan fingerprint density at radius 2 is 1.72 bits per heavy atom. The van der Waals surface area contributed by atoms with Crippen molar-refractivity contribution in [2.75, 3.05) is 10.2 Å². The van der Waals surface area contributed by atoms with Gasteiger partial charge in [0.2, 0.25) is 0 Å².